The zero-order chi connectivity index (χ0) is 11.0. The summed E-state index contributed by atoms with van der Waals surface area (Å²) in [5, 5.41) is 3.46. The summed E-state index contributed by atoms with van der Waals surface area (Å²) in [6.07, 6.45) is 11.2. The normalized spacial score (nSPS) is 29.3. The second-order valence-corrected chi connectivity index (χ2v) is 5.15. The molecule has 0 aliphatic heterocycles. The second-order valence-electron chi connectivity index (χ2n) is 5.15. The second kappa shape index (κ2) is 4.21. The molecule has 0 bridgehead atoms. The van der Waals surface area contributed by atoms with E-state index in [1.807, 2.05) is 0 Å². The summed E-state index contributed by atoms with van der Waals surface area (Å²) in [7, 11) is 2.09. The van der Waals surface area contributed by atoms with Crippen LogP contribution in [0.5, 0.6) is 0 Å². The summed E-state index contributed by atoms with van der Waals surface area (Å²) in [4.78, 5) is 4.61. The Morgan fingerprint density at radius 3 is 3.00 bits per heavy atom. The van der Waals surface area contributed by atoms with Crippen molar-refractivity contribution in [3.8, 4) is 0 Å². The minimum atomic E-state index is 0.652. The van der Waals surface area contributed by atoms with Crippen molar-refractivity contribution in [2.24, 2.45) is 0 Å². The van der Waals surface area contributed by atoms with Crippen molar-refractivity contribution < 1.29 is 0 Å². The van der Waals surface area contributed by atoms with Crippen LogP contribution in [-0.4, -0.2) is 22.6 Å². The predicted molar refractivity (Wildman–Crippen MR) is 64.6 cm³/mol. The molecule has 0 aromatic carbocycles. The van der Waals surface area contributed by atoms with Crippen LogP contribution >= 0.6 is 0 Å². The number of aromatic nitrogens is 2. The number of fused-ring (bicyclic) bond motifs is 1. The highest BCUT2D eigenvalue weighted by Gasteiger charge is 2.30. The zero-order valence-corrected chi connectivity index (χ0v) is 10.1. The first-order chi connectivity index (χ1) is 7.90. The summed E-state index contributed by atoms with van der Waals surface area (Å²) in [6, 6.07) is 1.31. The van der Waals surface area contributed by atoms with Gasteiger partial charge in [-0.2, -0.15) is 0 Å². The molecule has 1 heterocycles. The fraction of sp³-hybridized carbons (Fsp3) is 0.769. The number of aryl methyl sites for hydroxylation is 1. The molecule has 1 N–H and O–H groups in total. The van der Waals surface area contributed by atoms with Gasteiger partial charge in [0.2, 0.25) is 0 Å². The van der Waals surface area contributed by atoms with Crippen molar-refractivity contribution in [1.29, 1.82) is 0 Å². The molecule has 0 amide bonds. The van der Waals surface area contributed by atoms with Crippen molar-refractivity contribution in [3.05, 3.63) is 17.7 Å². The first-order valence-electron chi connectivity index (χ1n) is 6.62. The molecule has 0 spiro atoms. The molecule has 2 aliphatic carbocycles. The number of imidazole rings is 1. The standard InChI is InChI=1S/C13H21N3/c1-14-10-6-4-8-12(10)16-9-15-11-5-2-3-7-13(11)16/h9-10,12,14H,2-8H2,1H3. The molecule has 1 saturated carbocycles. The molecular formula is C13H21N3. The van der Waals surface area contributed by atoms with E-state index >= 15 is 0 Å². The lowest BCUT2D eigenvalue weighted by Gasteiger charge is -2.24. The van der Waals surface area contributed by atoms with Crippen LogP contribution in [0.25, 0.3) is 0 Å². The maximum atomic E-state index is 4.61. The van der Waals surface area contributed by atoms with Crippen LogP contribution in [-0.2, 0) is 12.8 Å². The molecule has 0 saturated heterocycles. The first-order valence-corrected chi connectivity index (χ1v) is 6.62. The highest BCUT2D eigenvalue weighted by molar-refractivity contribution is 5.18. The van der Waals surface area contributed by atoms with E-state index in [9.17, 15) is 0 Å². The first kappa shape index (κ1) is 10.3. The van der Waals surface area contributed by atoms with Gasteiger partial charge in [-0.25, -0.2) is 4.98 Å². The highest BCUT2D eigenvalue weighted by atomic mass is 15.1. The minimum Gasteiger partial charge on any atom is -0.330 e. The summed E-state index contributed by atoms with van der Waals surface area (Å²) < 4.78 is 2.47. The zero-order valence-electron chi connectivity index (χ0n) is 10.1. The van der Waals surface area contributed by atoms with Crippen LogP contribution in [0.1, 0.15) is 49.5 Å². The molecule has 2 aliphatic rings. The van der Waals surface area contributed by atoms with Crippen LogP contribution < -0.4 is 5.32 Å². The molecule has 2 unspecified atom stereocenters. The fourth-order valence-electron chi connectivity index (χ4n) is 3.39. The predicted octanol–water partition coefficient (Wildman–Crippen LogP) is 2.07. The van der Waals surface area contributed by atoms with Gasteiger partial charge in [-0.1, -0.05) is 0 Å². The number of nitrogens with one attached hydrogen (secondary N) is 1. The Hall–Kier alpha value is -0.830. The summed E-state index contributed by atoms with van der Waals surface area (Å²) >= 11 is 0. The van der Waals surface area contributed by atoms with E-state index in [4.69, 9.17) is 0 Å². The minimum absolute atomic E-state index is 0.652. The van der Waals surface area contributed by atoms with E-state index in [0.717, 1.165) is 0 Å². The molecule has 1 fully saturated rings. The molecular weight excluding hydrogens is 198 g/mol. The van der Waals surface area contributed by atoms with E-state index in [-0.39, 0.29) is 0 Å². The Labute approximate surface area is 97.3 Å². The van der Waals surface area contributed by atoms with Crippen molar-refractivity contribution in [2.45, 2.75) is 57.0 Å². The Morgan fingerprint density at radius 2 is 2.12 bits per heavy atom. The van der Waals surface area contributed by atoms with Gasteiger partial charge in [-0.05, 0) is 52.0 Å². The van der Waals surface area contributed by atoms with E-state index in [1.54, 1.807) is 0 Å². The van der Waals surface area contributed by atoms with Gasteiger partial charge >= 0.3 is 0 Å². The van der Waals surface area contributed by atoms with Gasteiger partial charge in [-0.3, -0.25) is 0 Å². The van der Waals surface area contributed by atoms with Crippen LogP contribution in [0.15, 0.2) is 6.33 Å². The Morgan fingerprint density at radius 1 is 1.25 bits per heavy atom. The van der Waals surface area contributed by atoms with Gasteiger partial charge in [0.05, 0.1) is 18.1 Å². The smallest absolute Gasteiger partial charge is 0.0954 e. The van der Waals surface area contributed by atoms with E-state index < -0.39 is 0 Å². The van der Waals surface area contributed by atoms with E-state index in [2.05, 4.69) is 28.2 Å². The van der Waals surface area contributed by atoms with Crippen LogP contribution in [0.2, 0.25) is 0 Å². The number of hydrogen-bond donors (Lipinski definition) is 1. The molecule has 0 radical (unpaired) electrons. The van der Waals surface area contributed by atoms with Gasteiger partial charge in [-0.15, -0.1) is 0 Å². The summed E-state index contributed by atoms with van der Waals surface area (Å²) in [5.41, 5.74) is 2.89. The third-order valence-corrected chi connectivity index (χ3v) is 4.27. The lowest BCUT2D eigenvalue weighted by molar-refractivity contribution is 0.401. The van der Waals surface area contributed by atoms with Crippen LogP contribution in [0.3, 0.4) is 0 Å². The van der Waals surface area contributed by atoms with Gasteiger partial charge in [0.25, 0.3) is 0 Å². The van der Waals surface area contributed by atoms with Crippen molar-refractivity contribution in [1.82, 2.24) is 14.9 Å². The lowest BCUT2D eigenvalue weighted by Crippen LogP contribution is -2.31. The number of likely N-dealkylation sites (N-methyl/N-ethyl adjacent to an activating group) is 1. The van der Waals surface area contributed by atoms with Gasteiger partial charge in [0.15, 0.2) is 0 Å². The van der Waals surface area contributed by atoms with Crippen LogP contribution in [0.4, 0.5) is 0 Å². The largest absolute Gasteiger partial charge is 0.330 e. The topological polar surface area (TPSA) is 29.9 Å². The Kier molecular flexibility index (Phi) is 2.72. The number of hydrogen-bond acceptors (Lipinski definition) is 2. The highest BCUT2D eigenvalue weighted by Crippen LogP contribution is 2.33. The average Bonchev–Trinajstić information content (AvgIpc) is 2.94. The SMILES string of the molecule is CNC1CCCC1n1cnc2c1CCCC2. The van der Waals surface area contributed by atoms with E-state index in [1.165, 1.54) is 56.3 Å². The van der Waals surface area contributed by atoms with Crippen molar-refractivity contribution >= 4 is 0 Å². The number of nitrogens with zero attached hydrogens (tertiary/aromatic N) is 2. The quantitative estimate of drug-likeness (QED) is 0.825. The molecule has 2 atom stereocenters. The number of rotatable bonds is 2. The molecule has 1 aromatic rings. The summed E-state index contributed by atoms with van der Waals surface area (Å²) in [5.74, 6) is 0. The third-order valence-electron chi connectivity index (χ3n) is 4.27. The Balaban J connectivity index is 1.91. The molecule has 3 nitrogen and oxygen atoms in total. The molecule has 88 valence electrons. The van der Waals surface area contributed by atoms with Crippen molar-refractivity contribution in [3.63, 3.8) is 0 Å². The molecule has 1 aromatic heterocycles. The van der Waals surface area contributed by atoms with Gasteiger partial charge in [0.1, 0.15) is 0 Å². The third kappa shape index (κ3) is 1.58. The average molecular weight is 219 g/mol. The summed E-state index contributed by atoms with van der Waals surface area (Å²) in [6.45, 7) is 0. The monoisotopic (exact) mass is 219 g/mol. The molecule has 3 rings (SSSR count). The maximum absolute atomic E-state index is 4.61. The fourth-order valence-corrected chi connectivity index (χ4v) is 3.39. The van der Waals surface area contributed by atoms with Gasteiger partial charge < -0.3 is 9.88 Å². The van der Waals surface area contributed by atoms with Crippen LogP contribution in [0, 0.1) is 0 Å². The van der Waals surface area contributed by atoms with Gasteiger partial charge in [0, 0.05) is 11.7 Å². The maximum Gasteiger partial charge on any atom is 0.0954 e. The lowest BCUT2D eigenvalue weighted by atomic mass is 10.0. The Bertz CT molecular complexity index is 369. The molecule has 3 heteroatoms. The molecule has 16 heavy (non-hydrogen) atoms. The van der Waals surface area contributed by atoms with E-state index in [0.29, 0.717) is 12.1 Å². The van der Waals surface area contributed by atoms with Crippen molar-refractivity contribution in [2.75, 3.05) is 7.05 Å².